The number of benzene rings is 2. The maximum Gasteiger partial charge on any atom is 0.293 e. The number of nitro benzene ring substituents is 1. The summed E-state index contributed by atoms with van der Waals surface area (Å²) in [4.78, 5) is 26.7. The van der Waals surface area contributed by atoms with Crippen LogP contribution in [-0.2, 0) is 17.9 Å². The minimum absolute atomic E-state index is 0.0843. The number of hydrogen-bond acceptors (Lipinski definition) is 6. The van der Waals surface area contributed by atoms with Gasteiger partial charge in [-0.2, -0.15) is 0 Å². The van der Waals surface area contributed by atoms with Crippen molar-refractivity contribution >= 4 is 28.6 Å². The molecule has 1 heterocycles. The Kier molecular flexibility index (Phi) is 7.16. The number of nitro groups is 1. The molecule has 30 heavy (non-hydrogen) atoms. The first-order chi connectivity index (χ1) is 14.5. The zero-order valence-electron chi connectivity index (χ0n) is 16.8. The maximum absolute atomic E-state index is 12.8. The van der Waals surface area contributed by atoms with Crippen LogP contribution in [0.4, 0.5) is 11.4 Å². The highest BCUT2D eigenvalue weighted by molar-refractivity contribution is 7.09. The lowest BCUT2D eigenvalue weighted by atomic mass is 10.1. The van der Waals surface area contributed by atoms with Gasteiger partial charge in [-0.05, 0) is 36.1 Å². The van der Waals surface area contributed by atoms with Gasteiger partial charge in [0, 0.05) is 29.6 Å². The van der Waals surface area contributed by atoms with Gasteiger partial charge in [-0.3, -0.25) is 19.8 Å². The van der Waals surface area contributed by atoms with Crippen LogP contribution in [-0.4, -0.2) is 29.4 Å². The van der Waals surface area contributed by atoms with Gasteiger partial charge in [0.1, 0.15) is 11.4 Å². The van der Waals surface area contributed by atoms with Gasteiger partial charge >= 0.3 is 0 Å². The summed E-state index contributed by atoms with van der Waals surface area (Å²) in [7, 11) is 1.62. The molecule has 1 N–H and O–H groups in total. The van der Waals surface area contributed by atoms with Crippen molar-refractivity contribution in [1.82, 2.24) is 4.90 Å². The fourth-order valence-corrected chi connectivity index (χ4v) is 3.90. The molecule has 8 heteroatoms. The fraction of sp³-hybridized carbons (Fsp3) is 0.227. The number of carbonyl (C=O) groups is 1. The van der Waals surface area contributed by atoms with Crippen molar-refractivity contribution in [2.24, 2.45) is 0 Å². The number of aryl methyl sites for hydroxylation is 1. The van der Waals surface area contributed by atoms with E-state index in [0.29, 0.717) is 13.1 Å². The summed E-state index contributed by atoms with van der Waals surface area (Å²) in [6, 6.07) is 16.4. The van der Waals surface area contributed by atoms with Gasteiger partial charge in [-0.25, -0.2) is 0 Å². The second-order valence-electron chi connectivity index (χ2n) is 6.86. The van der Waals surface area contributed by atoms with Gasteiger partial charge in [0.15, 0.2) is 0 Å². The van der Waals surface area contributed by atoms with E-state index in [0.717, 1.165) is 21.8 Å². The molecule has 0 saturated heterocycles. The highest BCUT2D eigenvalue weighted by Crippen LogP contribution is 2.26. The van der Waals surface area contributed by atoms with Crippen LogP contribution in [0.5, 0.6) is 5.75 Å². The topological polar surface area (TPSA) is 84.7 Å². The molecule has 0 saturated carbocycles. The van der Waals surface area contributed by atoms with Crippen LogP contribution in [0.25, 0.3) is 0 Å². The van der Waals surface area contributed by atoms with Crippen molar-refractivity contribution in [3.63, 3.8) is 0 Å². The first kappa shape index (κ1) is 21.5. The number of ether oxygens (including phenoxy) is 1. The minimum Gasteiger partial charge on any atom is -0.496 e. The third-order valence-electron chi connectivity index (χ3n) is 4.54. The Morgan fingerprint density at radius 2 is 1.97 bits per heavy atom. The van der Waals surface area contributed by atoms with Gasteiger partial charge in [-0.1, -0.05) is 30.3 Å². The molecule has 0 aliphatic heterocycles. The molecule has 0 aliphatic carbocycles. The lowest BCUT2D eigenvalue weighted by Crippen LogP contribution is -2.32. The number of rotatable bonds is 9. The van der Waals surface area contributed by atoms with E-state index in [-0.39, 0.29) is 23.8 Å². The van der Waals surface area contributed by atoms with Gasteiger partial charge in [0.05, 0.1) is 18.6 Å². The first-order valence-electron chi connectivity index (χ1n) is 9.38. The summed E-state index contributed by atoms with van der Waals surface area (Å²) in [6.07, 6.45) is 0. The van der Waals surface area contributed by atoms with Crippen molar-refractivity contribution in [3.8, 4) is 5.75 Å². The lowest BCUT2D eigenvalue weighted by molar-refractivity contribution is -0.384. The smallest absolute Gasteiger partial charge is 0.293 e. The van der Waals surface area contributed by atoms with E-state index in [1.54, 1.807) is 37.5 Å². The zero-order valence-corrected chi connectivity index (χ0v) is 17.6. The van der Waals surface area contributed by atoms with Crippen LogP contribution in [0, 0.1) is 17.0 Å². The van der Waals surface area contributed by atoms with E-state index in [1.165, 1.54) is 6.07 Å². The molecule has 156 valence electrons. The molecule has 7 nitrogen and oxygen atoms in total. The fourth-order valence-electron chi connectivity index (χ4n) is 3.16. The number of nitrogens with one attached hydrogen (secondary N) is 1. The van der Waals surface area contributed by atoms with Crippen LogP contribution in [0.3, 0.4) is 0 Å². The average Bonchev–Trinajstić information content (AvgIpc) is 3.22. The monoisotopic (exact) mass is 425 g/mol. The third-order valence-corrected chi connectivity index (χ3v) is 5.40. The van der Waals surface area contributed by atoms with Crippen molar-refractivity contribution < 1.29 is 14.5 Å². The summed E-state index contributed by atoms with van der Waals surface area (Å²) >= 11 is 1.62. The standard InChI is InChI=1S/C22H23N3O4S/c1-16-9-10-19(20(12-16)25(27)28)23-22(26)15-24(14-18-7-5-11-30-18)13-17-6-3-4-8-21(17)29-2/h3-12H,13-15H2,1-2H3,(H,23,26). The number of anilines is 1. The van der Waals surface area contributed by atoms with E-state index < -0.39 is 4.92 Å². The molecule has 0 spiro atoms. The Bertz CT molecular complexity index is 1020. The molecule has 0 fully saturated rings. The Morgan fingerprint density at radius 3 is 2.67 bits per heavy atom. The summed E-state index contributed by atoms with van der Waals surface area (Å²) in [5.41, 5.74) is 1.81. The second-order valence-corrected chi connectivity index (χ2v) is 7.89. The summed E-state index contributed by atoms with van der Waals surface area (Å²) in [5.74, 6) is 0.441. The van der Waals surface area contributed by atoms with E-state index in [1.807, 2.05) is 46.7 Å². The van der Waals surface area contributed by atoms with Crippen molar-refractivity contribution in [1.29, 1.82) is 0 Å². The SMILES string of the molecule is COc1ccccc1CN(CC(=O)Nc1ccc(C)cc1[N+](=O)[O-])Cc1cccs1. The van der Waals surface area contributed by atoms with Crippen LogP contribution in [0.15, 0.2) is 60.0 Å². The molecule has 2 aromatic carbocycles. The van der Waals surface area contributed by atoms with E-state index in [9.17, 15) is 14.9 Å². The van der Waals surface area contributed by atoms with Crippen LogP contribution < -0.4 is 10.1 Å². The van der Waals surface area contributed by atoms with Gasteiger partial charge in [0.2, 0.25) is 5.91 Å². The Labute approximate surface area is 179 Å². The Hall–Kier alpha value is -3.23. The number of methoxy groups -OCH3 is 1. The predicted molar refractivity (Wildman–Crippen MR) is 118 cm³/mol. The number of hydrogen-bond donors (Lipinski definition) is 1. The van der Waals surface area contributed by atoms with Crippen molar-refractivity contribution in [2.45, 2.75) is 20.0 Å². The average molecular weight is 426 g/mol. The van der Waals surface area contributed by atoms with E-state index in [4.69, 9.17) is 4.74 Å². The van der Waals surface area contributed by atoms with Gasteiger partial charge < -0.3 is 10.1 Å². The predicted octanol–water partition coefficient (Wildman–Crippen LogP) is 4.61. The first-order valence-corrected chi connectivity index (χ1v) is 10.3. The number of para-hydroxylation sites is 1. The molecule has 1 amide bonds. The minimum atomic E-state index is -0.485. The number of carbonyl (C=O) groups excluding carboxylic acids is 1. The molecule has 3 aromatic rings. The zero-order chi connectivity index (χ0) is 21.5. The molecule has 3 rings (SSSR count). The molecule has 0 aliphatic rings. The van der Waals surface area contributed by atoms with E-state index >= 15 is 0 Å². The normalized spacial score (nSPS) is 10.8. The molecule has 1 aromatic heterocycles. The van der Waals surface area contributed by atoms with Crippen LogP contribution in [0.1, 0.15) is 16.0 Å². The van der Waals surface area contributed by atoms with Crippen LogP contribution >= 0.6 is 11.3 Å². The second kappa shape index (κ2) is 10.00. The lowest BCUT2D eigenvalue weighted by Gasteiger charge is -2.22. The molecule has 0 unspecified atom stereocenters. The molecular weight excluding hydrogens is 402 g/mol. The van der Waals surface area contributed by atoms with Crippen LogP contribution in [0.2, 0.25) is 0 Å². The highest BCUT2D eigenvalue weighted by Gasteiger charge is 2.19. The largest absolute Gasteiger partial charge is 0.496 e. The summed E-state index contributed by atoms with van der Waals surface area (Å²) in [6.45, 7) is 2.94. The molecule has 0 atom stereocenters. The van der Waals surface area contributed by atoms with Crippen molar-refractivity contribution in [2.75, 3.05) is 19.0 Å². The number of nitrogens with zero attached hydrogens (tertiary/aromatic N) is 2. The molecule has 0 bridgehead atoms. The summed E-state index contributed by atoms with van der Waals surface area (Å²) < 4.78 is 5.44. The third kappa shape index (κ3) is 5.65. The van der Waals surface area contributed by atoms with E-state index in [2.05, 4.69) is 5.32 Å². The summed E-state index contributed by atoms with van der Waals surface area (Å²) in [5, 5.41) is 16.0. The maximum atomic E-state index is 12.8. The quantitative estimate of drug-likeness (QED) is 0.400. The van der Waals surface area contributed by atoms with Gasteiger partial charge in [-0.15, -0.1) is 11.3 Å². The Balaban J connectivity index is 1.77. The molecular formula is C22H23N3O4S. The Morgan fingerprint density at radius 1 is 1.17 bits per heavy atom. The van der Waals surface area contributed by atoms with Gasteiger partial charge in [0.25, 0.3) is 5.69 Å². The number of amides is 1. The highest BCUT2D eigenvalue weighted by atomic mass is 32.1. The van der Waals surface area contributed by atoms with Crippen molar-refractivity contribution in [3.05, 3.63) is 86.1 Å². The number of thiophene rings is 1. The molecule has 0 radical (unpaired) electrons.